The fraction of sp³-hybridized carbons (Fsp3) is 0.634. The number of piperidine rings is 1. The van der Waals surface area contributed by atoms with Crippen molar-refractivity contribution in [1.29, 1.82) is 10.8 Å². The zero-order valence-corrected chi connectivity index (χ0v) is 35.7. The molecule has 4 aliphatic rings. The van der Waals surface area contributed by atoms with E-state index < -0.39 is 116 Å². The lowest BCUT2D eigenvalue weighted by molar-refractivity contribution is -0.318. The third kappa shape index (κ3) is 9.92. The Bertz CT molecular complexity index is 2130. The first kappa shape index (κ1) is 49.1. The summed E-state index contributed by atoms with van der Waals surface area (Å²) in [4.78, 5) is 15.2. The van der Waals surface area contributed by atoms with Crippen molar-refractivity contribution in [2.24, 2.45) is 11.5 Å². The third-order valence-corrected chi connectivity index (χ3v) is 12.5. The third-order valence-electron chi connectivity index (χ3n) is 12.5. The number of hydrogen-bond donors (Lipinski definition) is 15. The average Bonchev–Trinajstić information content (AvgIpc) is 3.51. The Labute approximate surface area is 367 Å². The minimum atomic E-state index is -2.15. The number of guanidine groups is 2. The zero-order chi connectivity index (χ0) is 46.6. The smallest absolute Gasteiger partial charge is 0.200 e. The molecule has 3 saturated heterocycles. The van der Waals surface area contributed by atoms with E-state index in [1.807, 2.05) is 36.4 Å². The van der Waals surface area contributed by atoms with Crippen LogP contribution in [0.3, 0.4) is 0 Å². The van der Waals surface area contributed by atoms with Gasteiger partial charge in [0.25, 0.3) is 0 Å². The fourth-order valence-corrected chi connectivity index (χ4v) is 8.85. The van der Waals surface area contributed by atoms with Crippen molar-refractivity contribution in [2.45, 2.75) is 124 Å². The lowest BCUT2D eigenvalue weighted by Crippen LogP contribution is -2.73. The topological polar surface area (TPSA) is 377 Å². The van der Waals surface area contributed by atoms with Gasteiger partial charge >= 0.3 is 0 Å². The van der Waals surface area contributed by atoms with Gasteiger partial charge in [-0.25, -0.2) is 0 Å². The molecule has 3 aliphatic heterocycles. The van der Waals surface area contributed by atoms with E-state index in [4.69, 9.17) is 50.4 Å². The van der Waals surface area contributed by atoms with E-state index in [1.54, 1.807) is 7.11 Å². The average molecular weight is 907 g/mol. The van der Waals surface area contributed by atoms with Gasteiger partial charge in [-0.05, 0) is 64.2 Å². The van der Waals surface area contributed by atoms with Crippen LogP contribution >= 0.6 is 0 Å². The number of benzene rings is 2. The van der Waals surface area contributed by atoms with E-state index in [0.717, 1.165) is 30.9 Å². The molecule has 23 nitrogen and oxygen atoms in total. The number of nitrogens with two attached hydrogens (primary N) is 2. The standard InChI is InChI=1S/C21H41N7O12.C20H21NO3/c1-5-21(36,4-30)16(40-17-9(26-2)13(34)10(31)6(3-29)38-17)18(37-5)39-15-8(28-20(24)25)11(32)7(27-19(22)23)12(33)14(15)35;1-23-17-10-9-15-19(22)14-7-3-4-8-18(14)24-20(15)16(17)13-21-11-5-2-6-12-21/h5-18,26,29-36H,3-4H2,1-2H3,(H4,22,23,27)(H4,24,25,28);3-4,7-10H,2,5-6,11-13H2,1H3/t5-,6-,7+,8-,9-,10-,11+,12-,13-,14+,15+,16-,17-,18-,21+;/m0./s1. The minimum absolute atomic E-state index is 0.0226. The molecule has 0 radical (unpaired) electrons. The first-order valence-corrected chi connectivity index (χ1v) is 21.1. The van der Waals surface area contributed by atoms with Gasteiger partial charge in [0, 0.05) is 6.54 Å². The quantitative estimate of drug-likeness (QED) is 0.0468. The Morgan fingerprint density at radius 3 is 2.12 bits per heavy atom. The summed E-state index contributed by atoms with van der Waals surface area (Å²) in [5, 5.41) is 108. The number of likely N-dealkylation sites (N-methyl/N-ethyl adjacent to an activating group) is 1. The molecule has 64 heavy (non-hydrogen) atoms. The maximum Gasteiger partial charge on any atom is 0.200 e. The van der Waals surface area contributed by atoms with Crippen molar-refractivity contribution in [3.63, 3.8) is 0 Å². The largest absolute Gasteiger partial charge is 0.496 e. The van der Waals surface area contributed by atoms with Crippen LogP contribution in [0.1, 0.15) is 31.7 Å². The number of para-hydroxylation sites is 1. The first-order valence-electron chi connectivity index (χ1n) is 21.1. The molecular formula is C41H62N8O15. The molecule has 1 aromatic heterocycles. The molecule has 4 fully saturated rings. The van der Waals surface area contributed by atoms with Gasteiger partial charge in [-0.2, -0.15) is 0 Å². The number of nitrogens with zero attached hydrogens (tertiary/aromatic N) is 1. The SMILES string of the molecule is CN[C@@H]1[C@H](O[C@H]2[C@H](O[C@H]3[C@H](O)[C@@H](O)[C@H](NC(=N)N)[C@@H](O)[C@@H]3NC(=N)N)O[C@@H](C)[C@]2(O)CO)O[C@@H](CO)[C@H](O)[C@H]1O.COc1ccc2c(=O)c3ccccc3oc2c1CN1CCCCC1. The van der Waals surface area contributed by atoms with Crippen LogP contribution in [0, 0.1) is 10.8 Å². The summed E-state index contributed by atoms with van der Waals surface area (Å²) < 4.78 is 34.9. The van der Waals surface area contributed by atoms with Crippen molar-refractivity contribution < 1.29 is 69.0 Å². The Morgan fingerprint density at radius 2 is 1.50 bits per heavy atom. The van der Waals surface area contributed by atoms with Gasteiger partial charge in [0.15, 0.2) is 24.5 Å². The van der Waals surface area contributed by atoms with Gasteiger partial charge in [-0.1, -0.05) is 18.6 Å². The molecule has 2 aromatic carbocycles. The number of methoxy groups -OCH3 is 1. The second-order valence-electron chi connectivity index (χ2n) is 16.5. The molecule has 4 heterocycles. The Kier molecular flexibility index (Phi) is 16.0. The molecule has 0 spiro atoms. The van der Waals surface area contributed by atoms with Crippen molar-refractivity contribution in [3.05, 3.63) is 52.2 Å². The van der Waals surface area contributed by atoms with Crippen LogP contribution in [0.25, 0.3) is 21.9 Å². The molecule has 23 heteroatoms. The normalized spacial score (nSPS) is 35.7. The lowest BCUT2D eigenvalue weighted by Gasteiger charge is -2.47. The van der Waals surface area contributed by atoms with Crippen molar-refractivity contribution in [1.82, 2.24) is 20.9 Å². The Hall–Kier alpha value is -4.31. The number of nitrogens with one attached hydrogen (secondary N) is 5. The Balaban J connectivity index is 0.000000239. The molecular weight excluding hydrogens is 844 g/mol. The van der Waals surface area contributed by atoms with Crippen molar-refractivity contribution >= 4 is 33.9 Å². The highest BCUT2D eigenvalue weighted by Crippen LogP contribution is 2.39. The summed E-state index contributed by atoms with van der Waals surface area (Å²) in [7, 11) is 3.10. The van der Waals surface area contributed by atoms with Gasteiger partial charge in [0.05, 0.1) is 67.0 Å². The summed E-state index contributed by atoms with van der Waals surface area (Å²) in [6, 6.07) is 7.23. The zero-order valence-electron chi connectivity index (χ0n) is 35.7. The maximum atomic E-state index is 12.8. The van der Waals surface area contributed by atoms with E-state index in [2.05, 4.69) is 20.9 Å². The molecule has 15 atom stereocenters. The van der Waals surface area contributed by atoms with Crippen LogP contribution in [0.4, 0.5) is 0 Å². The van der Waals surface area contributed by atoms with E-state index in [0.29, 0.717) is 21.9 Å². The van der Waals surface area contributed by atoms with E-state index in [1.165, 1.54) is 33.2 Å². The molecule has 17 N–H and O–H groups in total. The highest BCUT2D eigenvalue weighted by molar-refractivity contribution is 5.92. The highest BCUT2D eigenvalue weighted by Gasteiger charge is 2.60. The van der Waals surface area contributed by atoms with E-state index in [9.17, 15) is 45.6 Å². The number of aliphatic hydroxyl groups is 8. The molecule has 0 amide bonds. The minimum Gasteiger partial charge on any atom is -0.496 e. The number of ether oxygens (including phenoxy) is 5. The second-order valence-corrected chi connectivity index (χ2v) is 16.5. The number of hydrogen-bond acceptors (Lipinski definition) is 19. The van der Waals surface area contributed by atoms with Crippen LogP contribution < -0.4 is 37.6 Å². The fourth-order valence-electron chi connectivity index (χ4n) is 8.85. The number of fused-ring (bicyclic) bond motifs is 2. The maximum absolute atomic E-state index is 12.8. The van der Waals surface area contributed by atoms with Gasteiger partial charge < -0.3 is 96.4 Å². The molecule has 356 valence electrons. The summed E-state index contributed by atoms with van der Waals surface area (Å²) in [6.45, 7) is 2.70. The van der Waals surface area contributed by atoms with Crippen LogP contribution in [0.5, 0.6) is 5.75 Å². The summed E-state index contributed by atoms with van der Waals surface area (Å²) in [5.41, 5.74) is 10.9. The van der Waals surface area contributed by atoms with Gasteiger partial charge in [0.2, 0.25) is 5.43 Å². The molecule has 0 bridgehead atoms. The van der Waals surface area contributed by atoms with Crippen LogP contribution in [0.15, 0.2) is 45.6 Å². The Morgan fingerprint density at radius 1 is 0.844 bits per heavy atom. The predicted octanol–water partition coefficient (Wildman–Crippen LogP) is -4.01. The summed E-state index contributed by atoms with van der Waals surface area (Å²) in [5.74, 6) is -0.476. The number of aliphatic hydroxyl groups excluding tert-OH is 7. The molecule has 0 unspecified atom stereocenters. The monoisotopic (exact) mass is 906 g/mol. The summed E-state index contributed by atoms with van der Waals surface area (Å²) >= 11 is 0. The van der Waals surface area contributed by atoms with Gasteiger partial charge in [0.1, 0.15) is 65.2 Å². The summed E-state index contributed by atoms with van der Waals surface area (Å²) in [6.07, 6.45) is -13.2. The van der Waals surface area contributed by atoms with E-state index in [-0.39, 0.29) is 5.43 Å². The van der Waals surface area contributed by atoms with Crippen molar-refractivity contribution in [2.75, 3.05) is 40.5 Å². The van der Waals surface area contributed by atoms with Crippen molar-refractivity contribution in [3.8, 4) is 5.75 Å². The second kappa shape index (κ2) is 20.9. The number of rotatable bonds is 12. The van der Waals surface area contributed by atoms with Crippen LogP contribution in [-0.4, -0.2) is 189 Å². The molecule has 1 saturated carbocycles. The van der Waals surface area contributed by atoms with Gasteiger partial charge in [-0.3, -0.25) is 20.5 Å². The molecule has 1 aliphatic carbocycles. The van der Waals surface area contributed by atoms with Crippen LogP contribution in [-0.2, 0) is 25.5 Å². The lowest BCUT2D eigenvalue weighted by atomic mass is 9.81. The van der Waals surface area contributed by atoms with Gasteiger partial charge in [-0.15, -0.1) is 0 Å². The highest BCUT2D eigenvalue weighted by atomic mass is 16.8. The molecule has 3 aromatic rings. The number of likely N-dealkylation sites (tertiary alicyclic amines) is 1. The molecule has 7 rings (SSSR count). The predicted molar refractivity (Wildman–Crippen MR) is 228 cm³/mol. The van der Waals surface area contributed by atoms with Crippen LogP contribution in [0.2, 0.25) is 0 Å². The first-order chi connectivity index (χ1) is 30.5. The van der Waals surface area contributed by atoms with E-state index >= 15 is 0 Å².